The van der Waals surface area contributed by atoms with Crippen LogP contribution in [0.15, 0.2) is 36.7 Å². The van der Waals surface area contributed by atoms with Crippen LogP contribution in [-0.2, 0) is 6.18 Å². The van der Waals surface area contributed by atoms with Crippen LogP contribution >= 0.6 is 0 Å². The lowest BCUT2D eigenvalue weighted by Gasteiger charge is -2.02. The van der Waals surface area contributed by atoms with Crippen LogP contribution in [-0.4, -0.2) is 14.9 Å². The van der Waals surface area contributed by atoms with Crippen molar-refractivity contribution >= 4 is 0 Å². The van der Waals surface area contributed by atoms with Gasteiger partial charge in [-0.05, 0) is 12.1 Å². The standard InChI is InChI=1S/C10H7F3N2O/c11-10(12,13)7-5-14-15(6-7)8-2-1-3-9(16)4-8/h1-6,16H. The smallest absolute Gasteiger partial charge is 0.419 e. The van der Waals surface area contributed by atoms with E-state index in [1.807, 2.05) is 0 Å². The molecule has 2 aromatic rings. The van der Waals surface area contributed by atoms with Crippen molar-refractivity contribution in [3.63, 3.8) is 0 Å². The third-order valence-electron chi connectivity index (χ3n) is 2.00. The molecule has 0 amide bonds. The van der Waals surface area contributed by atoms with Gasteiger partial charge in [-0.2, -0.15) is 18.3 Å². The molecule has 0 saturated heterocycles. The van der Waals surface area contributed by atoms with E-state index in [4.69, 9.17) is 0 Å². The van der Waals surface area contributed by atoms with Gasteiger partial charge in [0.1, 0.15) is 5.75 Å². The second kappa shape index (κ2) is 3.55. The monoisotopic (exact) mass is 228 g/mol. The lowest BCUT2D eigenvalue weighted by Crippen LogP contribution is -2.02. The van der Waals surface area contributed by atoms with Crippen LogP contribution in [0, 0.1) is 0 Å². The van der Waals surface area contributed by atoms with Gasteiger partial charge in [-0.1, -0.05) is 6.07 Å². The van der Waals surface area contributed by atoms with Crippen molar-refractivity contribution in [3.8, 4) is 11.4 Å². The lowest BCUT2D eigenvalue weighted by atomic mass is 10.3. The van der Waals surface area contributed by atoms with Crippen molar-refractivity contribution < 1.29 is 18.3 Å². The van der Waals surface area contributed by atoms with Crippen LogP contribution in [0.5, 0.6) is 5.75 Å². The minimum Gasteiger partial charge on any atom is -0.508 e. The highest BCUT2D eigenvalue weighted by molar-refractivity contribution is 5.38. The zero-order valence-electron chi connectivity index (χ0n) is 7.94. The number of halogens is 3. The molecule has 0 unspecified atom stereocenters. The average Bonchev–Trinajstić information content (AvgIpc) is 2.65. The van der Waals surface area contributed by atoms with Crippen LogP contribution in [0.25, 0.3) is 5.69 Å². The minimum absolute atomic E-state index is 0.0263. The fraction of sp³-hybridized carbons (Fsp3) is 0.100. The van der Waals surface area contributed by atoms with Gasteiger partial charge in [0.2, 0.25) is 0 Å². The number of benzene rings is 1. The fourth-order valence-electron chi connectivity index (χ4n) is 1.25. The first-order chi connectivity index (χ1) is 7.47. The molecule has 0 aliphatic heterocycles. The number of aromatic nitrogens is 2. The van der Waals surface area contributed by atoms with Gasteiger partial charge < -0.3 is 5.11 Å². The molecule has 6 heteroatoms. The van der Waals surface area contributed by atoms with Crippen molar-refractivity contribution in [2.75, 3.05) is 0 Å². The summed E-state index contributed by atoms with van der Waals surface area (Å²) >= 11 is 0. The maximum Gasteiger partial charge on any atom is 0.419 e. The Morgan fingerprint density at radius 2 is 2.00 bits per heavy atom. The molecule has 84 valence electrons. The molecule has 0 aliphatic rings. The van der Waals surface area contributed by atoms with Gasteiger partial charge >= 0.3 is 6.18 Å². The third-order valence-corrected chi connectivity index (χ3v) is 2.00. The SMILES string of the molecule is Oc1cccc(-n2cc(C(F)(F)F)cn2)c1. The summed E-state index contributed by atoms with van der Waals surface area (Å²) in [7, 11) is 0. The molecule has 1 aromatic heterocycles. The molecule has 1 heterocycles. The number of phenols is 1. The van der Waals surface area contributed by atoms with E-state index in [9.17, 15) is 18.3 Å². The van der Waals surface area contributed by atoms with Crippen LogP contribution in [0.2, 0.25) is 0 Å². The molecule has 0 saturated carbocycles. The van der Waals surface area contributed by atoms with Crippen molar-refractivity contribution in [2.45, 2.75) is 6.18 Å². The largest absolute Gasteiger partial charge is 0.508 e. The maximum atomic E-state index is 12.3. The van der Waals surface area contributed by atoms with E-state index in [-0.39, 0.29) is 5.75 Å². The summed E-state index contributed by atoms with van der Waals surface area (Å²) < 4.78 is 37.9. The molecular weight excluding hydrogens is 221 g/mol. The maximum absolute atomic E-state index is 12.3. The van der Waals surface area contributed by atoms with Crippen molar-refractivity contribution in [3.05, 3.63) is 42.2 Å². The second-order valence-electron chi connectivity index (χ2n) is 3.19. The molecule has 0 bridgehead atoms. The number of alkyl halides is 3. The number of rotatable bonds is 1. The van der Waals surface area contributed by atoms with Crippen LogP contribution in [0.1, 0.15) is 5.56 Å². The molecule has 0 spiro atoms. The van der Waals surface area contributed by atoms with Crippen LogP contribution in [0.4, 0.5) is 13.2 Å². The molecule has 0 aliphatic carbocycles. The first kappa shape index (κ1) is 10.5. The lowest BCUT2D eigenvalue weighted by molar-refractivity contribution is -0.137. The average molecular weight is 228 g/mol. The number of nitrogens with zero attached hydrogens (tertiary/aromatic N) is 2. The number of hydrogen-bond acceptors (Lipinski definition) is 2. The number of aromatic hydroxyl groups is 1. The Bertz CT molecular complexity index is 505. The molecule has 1 N–H and O–H groups in total. The summed E-state index contributed by atoms with van der Waals surface area (Å²) in [6, 6.07) is 5.83. The quantitative estimate of drug-likeness (QED) is 0.814. The molecule has 3 nitrogen and oxygen atoms in total. The summed E-state index contributed by atoms with van der Waals surface area (Å²) in [5, 5.41) is 12.8. The van der Waals surface area contributed by atoms with Crippen molar-refractivity contribution in [2.24, 2.45) is 0 Å². The zero-order chi connectivity index (χ0) is 11.8. The van der Waals surface area contributed by atoms with Gasteiger partial charge in [0.15, 0.2) is 0 Å². The van der Waals surface area contributed by atoms with Gasteiger partial charge in [0.25, 0.3) is 0 Å². The van der Waals surface area contributed by atoms with Gasteiger partial charge in [0.05, 0.1) is 17.4 Å². The van der Waals surface area contributed by atoms with E-state index >= 15 is 0 Å². The number of phenolic OH excluding ortho intramolecular Hbond substituents is 1. The summed E-state index contributed by atoms with van der Waals surface area (Å²) in [5.41, 5.74) is -0.452. The van der Waals surface area contributed by atoms with Gasteiger partial charge in [0, 0.05) is 12.3 Å². The minimum atomic E-state index is -4.41. The highest BCUT2D eigenvalue weighted by atomic mass is 19.4. The van der Waals surface area contributed by atoms with Gasteiger partial charge in [-0.25, -0.2) is 4.68 Å². The van der Waals surface area contributed by atoms with Crippen molar-refractivity contribution in [1.82, 2.24) is 9.78 Å². The molecule has 16 heavy (non-hydrogen) atoms. The van der Waals surface area contributed by atoms with Crippen molar-refractivity contribution in [1.29, 1.82) is 0 Å². The highest BCUT2D eigenvalue weighted by Gasteiger charge is 2.32. The Labute approximate surface area is 88.8 Å². The van der Waals surface area contributed by atoms with E-state index in [2.05, 4.69) is 5.10 Å². The molecular formula is C10H7F3N2O. The van der Waals surface area contributed by atoms with E-state index in [0.29, 0.717) is 5.69 Å². The predicted octanol–water partition coefficient (Wildman–Crippen LogP) is 2.60. The van der Waals surface area contributed by atoms with Crippen LogP contribution < -0.4 is 0 Å². The highest BCUT2D eigenvalue weighted by Crippen LogP contribution is 2.29. The molecule has 2 rings (SSSR count). The Morgan fingerprint density at radius 3 is 2.56 bits per heavy atom. The van der Waals surface area contributed by atoms with E-state index in [0.717, 1.165) is 17.1 Å². The Balaban J connectivity index is 2.39. The van der Waals surface area contributed by atoms with E-state index < -0.39 is 11.7 Å². The number of hydrogen-bond donors (Lipinski definition) is 1. The summed E-state index contributed by atoms with van der Waals surface area (Å²) in [6.07, 6.45) is -2.80. The zero-order valence-corrected chi connectivity index (χ0v) is 7.94. The first-order valence-electron chi connectivity index (χ1n) is 4.38. The predicted molar refractivity (Wildman–Crippen MR) is 50.2 cm³/mol. The fourth-order valence-corrected chi connectivity index (χ4v) is 1.25. The van der Waals surface area contributed by atoms with Gasteiger partial charge in [-0.15, -0.1) is 0 Å². The molecule has 1 aromatic carbocycles. The van der Waals surface area contributed by atoms with E-state index in [1.54, 1.807) is 6.07 Å². The first-order valence-corrected chi connectivity index (χ1v) is 4.38. The Morgan fingerprint density at radius 1 is 1.25 bits per heavy atom. The summed E-state index contributed by atoms with van der Waals surface area (Å²) in [5.74, 6) is -0.0263. The molecule has 0 radical (unpaired) electrons. The molecule has 0 fully saturated rings. The second-order valence-corrected chi connectivity index (χ2v) is 3.19. The topological polar surface area (TPSA) is 38.0 Å². The van der Waals surface area contributed by atoms with E-state index in [1.165, 1.54) is 18.2 Å². The summed E-state index contributed by atoms with van der Waals surface area (Å²) in [6.45, 7) is 0. The summed E-state index contributed by atoms with van der Waals surface area (Å²) in [4.78, 5) is 0. The Hall–Kier alpha value is -1.98. The van der Waals surface area contributed by atoms with Gasteiger partial charge in [-0.3, -0.25) is 0 Å². The third kappa shape index (κ3) is 2.00. The van der Waals surface area contributed by atoms with Crippen LogP contribution in [0.3, 0.4) is 0 Å². The molecule has 0 atom stereocenters. The normalized spacial score (nSPS) is 11.7. The Kier molecular flexibility index (Phi) is 2.34.